The van der Waals surface area contributed by atoms with E-state index in [1.54, 1.807) is 31.0 Å². The van der Waals surface area contributed by atoms with Gasteiger partial charge in [0, 0.05) is 42.1 Å². The highest BCUT2D eigenvalue weighted by molar-refractivity contribution is 6.02. The second-order valence-corrected chi connectivity index (χ2v) is 6.55. The fourth-order valence-electron chi connectivity index (χ4n) is 3.73. The number of amidine groups is 1. The van der Waals surface area contributed by atoms with Gasteiger partial charge in [0.1, 0.15) is 12.2 Å². The fraction of sp³-hybridized carbons (Fsp3) is 0.0455. The third-order valence-electron chi connectivity index (χ3n) is 4.99. The van der Waals surface area contributed by atoms with Crippen molar-refractivity contribution in [2.75, 3.05) is 0 Å². The van der Waals surface area contributed by atoms with Crippen molar-refractivity contribution in [3.63, 3.8) is 0 Å². The van der Waals surface area contributed by atoms with Gasteiger partial charge in [0.2, 0.25) is 0 Å². The van der Waals surface area contributed by atoms with Gasteiger partial charge in [-0.2, -0.15) is 0 Å². The maximum atomic E-state index is 6.32. The largest absolute Gasteiger partial charge is 0.383 e. The number of hydrogen-bond donors (Lipinski definition) is 1. The second kappa shape index (κ2) is 6.35. The third kappa shape index (κ3) is 2.39. The standard InChI is InChI=1S/C22H16N6/c23-21-19-5-2-8-27-20(19)22(28-21,17-6-9-24-10-7-17)18-4-1-3-15(11-18)16-12-25-14-26-13-16/h1-14H,(H2,23,28). The molecule has 0 amide bonds. The van der Waals surface area contributed by atoms with Crippen molar-refractivity contribution >= 4 is 5.84 Å². The molecule has 28 heavy (non-hydrogen) atoms. The minimum atomic E-state index is -0.824. The molecule has 0 saturated heterocycles. The molecule has 0 aliphatic carbocycles. The number of hydrogen-bond acceptors (Lipinski definition) is 6. The molecule has 2 N–H and O–H groups in total. The lowest BCUT2D eigenvalue weighted by molar-refractivity contribution is 0.647. The Morgan fingerprint density at radius 1 is 0.750 bits per heavy atom. The van der Waals surface area contributed by atoms with E-state index < -0.39 is 5.54 Å². The first-order chi connectivity index (χ1) is 13.8. The van der Waals surface area contributed by atoms with Crippen molar-refractivity contribution in [2.24, 2.45) is 10.7 Å². The fourth-order valence-corrected chi connectivity index (χ4v) is 3.73. The quantitative estimate of drug-likeness (QED) is 0.604. The molecule has 1 aliphatic heterocycles. The Morgan fingerprint density at radius 3 is 2.39 bits per heavy atom. The van der Waals surface area contributed by atoms with Crippen LogP contribution in [0, 0.1) is 0 Å². The molecule has 6 heteroatoms. The molecule has 0 radical (unpaired) electrons. The predicted molar refractivity (Wildman–Crippen MR) is 107 cm³/mol. The Kier molecular flexibility index (Phi) is 3.69. The van der Waals surface area contributed by atoms with Crippen LogP contribution in [0.4, 0.5) is 0 Å². The lowest BCUT2D eigenvalue weighted by atomic mass is 9.80. The van der Waals surface area contributed by atoms with Crippen LogP contribution < -0.4 is 5.73 Å². The number of nitrogens with zero attached hydrogens (tertiary/aromatic N) is 5. The third-order valence-corrected chi connectivity index (χ3v) is 4.99. The Hall–Kier alpha value is -3.93. The van der Waals surface area contributed by atoms with E-state index in [1.165, 1.54) is 6.33 Å². The Morgan fingerprint density at radius 2 is 1.57 bits per heavy atom. The van der Waals surface area contributed by atoms with Crippen molar-refractivity contribution in [1.82, 2.24) is 19.9 Å². The molecule has 0 bridgehead atoms. The highest BCUT2D eigenvalue weighted by Gasteiger charge is 2.44. The summed E-state index contributed by atoms with van der Waals surface area (Å²) >= 11 is 0. The lowest BCUT2D eigenvalue weighted by Gasteiger charge is -2.28. The van der Waals surface area contributed by atoms with E-state index in [-0.39, 0.29) is 0 Å². The first kappa shape index (κ1) is 16.3. The summed E-state index contributed by atoms with van der Waals surface area (Å²) in [6.07, 6.45) is 10.4. The summed E-state index contributed by atoms with van der Waals surface area (Å²) in [6, 6.07) is 15.9. The van der Waals surface area contributed by atoms with Gasteiger partial charge in [0.05, 0.1) is 5.69 Å². The normalized spacial score (nSPS) is 17.8. The average molecular weight is 364 g/mol. The van der Waals surface area contributed by atoms with Gasteiger partial charge in [-0.15, -0.1) is 0 Å². The van der Waals surface area contributed by atoms with Gasteiger partial charge in [-0.05, 0) is 47.0 Å². The van der Waals surface area contributed by atoms with Crippen LogP contribution in [0.3, 0.4) is 0 Å². The summed E-state index contributed by atoms with van der Waals surface area (Å²) in [5, 5.41) is 0. The zero-order valence-electron chi connectivity index (χ0n) is 14.9. The van der Waals surface area contributed by atoms with E-state index in [2.05, 4.69) is 26.0 Å². The molecule has 1 aliphatic rings. The zero-order valence-corrected chi connectivity index (χ0v) is 14.9. The number of fused-ring (bicyclic) bond motifs is 1. The number of nitrogens with two attached hydrogens (primary N) is 1. The maximum absolute atomic E-state index is 6.32. The van der Waals surface area contributed by atoms with E-state index in [0.29, 0.717) is 5.84 Å². The number of benzene rings is 1. The van der Waals surface area contributed by atoms with Gasteiger partial charge >= 0.3 is 0 Å². The molecule has 4 heterocycles. The van der Waals surface area contributed by atoms with Gasteiger partial charge in [0.25, 0.3) is 0 Å². The van der Waals surface area contributed by atoms with Crippen molar-refractivity contribution < 1.29 is 0 Å². The van der Waals surface area contributed by atoms with E-state index >= 15 is 0 Å². The molecular weight excluding hydrogens is 348 g/mol. The highest BCUT2D eigenvalue weighted by Crippen LogP contribution is 2.45. The van der Waals surface area contributed by atoms with Crippen LogP contribution in [-0.2, 0) is 5.54 Å². The van der Waals surface area contributed by atoms with Crippen molar-refractivity contribution in [1.29, 1.82) is 0 Å². The molecule has 6 nitrogen and oxygen atoms in total. The Balaban J connectivity index is 1.79. The lowest BCUT2D eigenvalue weighted by Crippen LogP contribution is -2.26. The topological polar surface area (TPSA) is 89.9 Å². The minimum absolute atomic E-state index is 0.480. The van der Waals surface area contributed by atoms with Crippen molar-refractivity contribution in [3.05, 3.63) is 108 Å². The SMILES string of the molecule is NC1=NC(c2ccncc2)(c2cccc(-c3cncnc3)c2)c2ncccc21. The van der Waals surface area contributed by atoms with E-state index in [0.717, 1.165) is 33.5 Å². The molecule has 0 fully saturated rings. The molecule has 5 rings (SSSR count). The molecule has 4 aromatic rings. The number of pyridine rings is 2. The molecule has 1 aromatic carbocycles. The minimum Gasteiger partial charge on any atom is -0.383 e. The highest BCUT2D eigenvalue weighted by atomic mass is 15.0. The maximum Gasteiger partial charge on any atom is 0.156 e. The molecule has 0 saturated carbocycles. The second-order valence-electron chi connectivity index (χ2n) is 6.55. The summed E-state index contributed by atoms with van der Waals surface area (Å²) in [7, 11) is 0. The Labute approximate surface area is 161 Å². The molecule has 1 atom stereocenters. The van der Waals surface area contributed by atoms with Crippen molar-refractivity contribution in [3.8, 4) is 11.1 Å². The smallest absolute Gasteiger partial charge is 0.156 e. The molecular formula is C22H16N6. The summed E-state index contributed by atoms with van der Waals surface area (Å²) in [5.41, 5.74) is 11.0. The van der Waals surface area contributed by atoms with Gasteiger partial charge in [-0.3, -0.25) is 9.97 Å². The van der Waals surface area contributed by atoms with Gasteiger partial charge in [0.15, 0.2) is 5.54 Å². The van der Waals surface area contributed by atoms with Crippen LogP contribution >= 0.6 is 0 Å². The predicted octanol–water partition coefficient (Wildman–Crippen LogP) is 2.94. The number of rotatable bonds is 3. The van der Waals surface area contributed by atoms with Crippen LogP contribution in [0.5, 0.6) is 0 Å². The number of aromatic nitrogens is 4. The molecule has 0 spiro atoms. The summed E-state index contributed by atoms with van der Waals surface area (Å²) in [6.45, 7) is 0. The first-order valence-corrected chi connectivity index (χ1v) is 8.86. The zero-order chi connectivity index (χ0) is 19.0. The van der Waals surface area contributed by atoms with E-state index in [1.807, 2.05) is 42.5 Å². The van der Waals surface area contributed by atoms with Crippen LogP contribution in [0.1, 0.15) is 22.4 Å². The van der Waals surface area contributed by atoms with Crippen molar-refractivity contribution in [2.45, 2.75) is 5.54 Å². The van der Waals surface area contributed by atoms with E-state index in [9.17, 15) is 0 Å². The number of aliphatic imine (C=N–C) groups is 1. The van der Waals surface area contributed by atoms with E-state index in [4.69, 9.17) is 10.7 Å². The molecule has 134 valence electrons. The summed E-state index contributed by atoms with van der Waals surface area (Å²) < 4.78 is 0. The summed E-state index contributed by atoms with van der Waals surface area (Å²) in [4.78, 5) is 22.0. The average Bonchev–Trinajstić information content (AvgIpc) is 3.09. The van der Waals surface area contributed by atoms with Gasteiger partial charge in [-0.1, -0.05) is 18.2 Å². The Bertz CT molecular complexity index is 1170. The summed E-state index contributed by atoms with van der Waals surface area (Å²) in [5.74, 6) is 0.480. The van der Waals surface area contributed by atoms with Gasteiger partial charge in [-0.25, -0.2) is 15.0 Å². The van der Waals surface area contributed by atoms with Gasteiger partial charge < -0.3 is 5.73 Å². The molecule has 1 unspecified atom stereocenters. The monoisotopic (exact) mass is 364 g/mol. The molecule has 3 aromatic heterocycles. The van der Waals surface area contributed by atoms with Crippen LogP contribution in [0.2, 0.25) is 0 Å². The van der Waals surface area contributed by atoms with Crippen LogP contribution in [-0.4, -0.2) is 25.8 Å². The first-order valence-electron chi connectivity index (χ1n) is 8.86. The van der Waals surface area contributed by atoms with Crippen LogP contribution in [0.15, 0.2) is 90.8 Å². The van der Waals surface area contributed by atoms with Crippen LogP contribution in [0.25, 0.3) is 11.1 Å².